The molecule has 2 aromatic carbocycles. The maximum atomic E-state index is 12.0. The number of nitrogens with one attached hydrogen (secondary N) is 2. The zero-order chi connectivity index (χ0) is 28.2. The number of ether oxygens (including phenoxy) is 2. The molecule has 1 saturated heterocycles. The van der Waals surface area contributed by atoms with Gasteiger partial charge in [0.2, 0.25) is 5.91 Å². The molecular formula is C29H26ClN5O4S. The number of hydrogen-bond acceptors (Lipinski definition) is 6. The van der Waals surface area contributed by atoms with E-state index in [1.54, 1.807) is 30.5 Å². The molecule has 1 aliphatic rings. The number of anilines is 2. The summed E-state index contributed by atoms with van der Waals surface area (Å²) in [5, 5.41) is 7.05. The largest absolute Gasteiger partial charge is 0.465 e. The summed E-state index contributed by atoms with van der Waals surface area (Å²) in [7, 11) is 2.81. The average molecular weight is 576 g/mol. The van der Waals surface area contributed by atoms with Crippen LogP contribution in [0, 0.1) is 0 Å². The Hall–Kier alpha value is -4.25. The average Bonchev–Trinajstić information content (AvgIpc) is 3.58. The first kappa shape index (κ1) is 27.3. The van der Waals surface area contributed by atoms with Gasteiger partial charge in [-0.2, -0.15) is 0 Å². The molecule has 9 nitrogen and oxygen atoms in total. The molecule has 1 aliphatic heterocycles. The predicted octanol–water partition coefficient (Wildman–Crippen LogP) is 5.07. The van der Waals surface area contributed by atoms with Gasteiger partial charge in [0.25, 0.3) is 0 Å². The maximum absolute atomic E-state index is 12.0. The smallest absolute Gasteiger partial charge is 0.337 e. The summed E-state index contributed by atoms with van der Waals surface area (Å²) in [6.45, 7) is -0.0797. The van der Waals surface area contributed by atoms with E-state index in [0.29, 0.717) is 21.4 Å². The molecule has 40 heavy (non-hydrogen) atoms. The van der Waals surface area contributed by atoms with Crippen molar-refractivity contribution >= 4 is 52.2 Å². The van der Waals surface area contributed by atoms with Gasteiger partial charge in [0.1, 0.15) is 12.6 Å². The molecule has 11 heteroatoms. The Bertz CT molecular complexity index is 1540. The third-order valence-electron chi connectivity index (χ3n) is 6.53. The highest BCUT2D eigenvalue weighted by Gasteiger charge is 2.42. The van der Waals surface area contributed by atoms with Crippen molar-refractivity contribution < 1.29 is 19.1 Å². The van der Waals surface area contributed by atoms with Gasteiger partial charge < -0.3 is 29.6 Å². The van der Waals surface area contributed by atoms with Gasteiger partial charge >= 0.3 is 5.97 Å². The van der Waals surface area contributed by atoms with E-state index in [-0.39, 0.29) is 24.6 Å². The normalized spacial score (nSPS) is 16.5. The molecule has 204 valence electrons. The van der Waals surface area contributed by atoms with Crippen LogP contribution in [0.2, 0.25) is 5.02 Å². The van der Waals surface area contributed by atoms with Crippen molar-refractivity contribution in [2.24, 2.45) is 0 Å². The molecule has 2 aromatic heterocycles. The Morgan fingerprint density at radius 1 is 1.05 bits per heavy atom. The van der Waals surface area contributed by atoms with Crippen LogP contribution in [0.1, 0.15) is 33.8 Å². The van der Waals surface area contributed by atoms with E-state index in [4.69, 9.17) is 33.3 Å². The van der Waals surface area contributed by atoms with Crippen LogP contribution in [0.4, 0.5) is 11.4 Å². The Morgan fingerprint density at radius 2 is 1.82 bits per heavy atom. The number of carbonyl (C=O) groups is 2. The zero-order valence-corrected chi connectivity index (χ0v) is 23.3. The fourth-order valence-corrected chi connectivity index (χ4v) is 5.32. The van der Waals surface area contributed by atoms with Crippen molar-refractivity contribution in [1.82, 2.24) is 14.9 Å². The first-order chi connectivity index (χ1) is 19.4. The van der Waals surface area contributed by atoms with Gasteiger partial charge in [-0.1, -0.05) is 17.7 Å². The van der Waals surface area contributed by atoms with Gasteiger partial charge in [-0.25, -0.2) is 4.79 Å². The second-order valence-corrected chi connectivity index (χ2v) is 9.78. The van der Waals surface area contributed by atoms with Crippen LogP contribution in [0.15, 0.2) is 85.2 Å². The van der Waals surface area contributed by atoms with Crippen molar-refractivity contribution in [2.45, 2.75) is 12.1 Å². The van der Waals surface area contributed by atoms with Crippen molar-refractivity contribution in [3.8, 4) is 5.69 Å². The first-order valence-electron chi connectivity index (χ1n) is 12.4. The van der Waals surface area contributed by atoms with E-state index in [2.05, 4.69) is 15.6 Å². The van der Waals surface area contributed by atoms with Crippen LogP contribution < -0.4 is 15.5 Å². The zero-order valence-electron chi connectivity index (χ0n) is 21.7. The molecule has 1 amide bonds. The van der Waals surface area contributed by atoms with Crippen LogP contribution in [-0.4, -0.2) is 47.4 Å². The number of halogens is 1. The Morgan fingerprint density at radius 3 is 2.50 bits per heavy atom. The number of methoxy groups -OCH3 is 2. The number of rotatable bonds is 8. The maximum Gasteiger partial charge on any atom is 0.337 e. The van der Waals surface area contributed by atoms with Crippen LogP contribution in [0.5, 0.6) is 0 Å². The number of hydrogen-bond donors (Lipinski definition) is 2. The number of esters is 1. The van der Waals surface area contributed by atoms with Gasteiger partial charge in [-0.15, -0.1) is 0 Å². The van der Waals surface area contributed by atoms with Gasteiger partial charge in [0.15, 0.2) is 5.11 Å². The van der Waals surface area contributed by atoms with E-state index in [1.165, 1.54) is 14.2 Å². The highest BCUT2D eigenvalue weighted by atomic mass is 35.5. The minimum Gasteiger partial charge on any atom is -0.465 e. The molecule has 2 atom stereocenters. The highest BCUT2D eigenvalue weighted by Crippen LogP contribution is 2.43. The first-order valence-corrected chi connectivity index (χ1v) is 13.1. The molecule has 0 aliphatic carbocycles. The summed E-state index contributed by atoms with van der Waals surface area (Å²) in [4.78, 5) is 30.6. The molecular weight excluding hydrogens is 550 g/mol. The van der Waals surface area contributed by atoms with Crippen LogP contribution in [-0.2, 0) is 14.3 Å². The van der Waals surface area contributed by atoms with Crippen molar-refractivity contribution in [1.29, 1.82) is 0 Å². The highest BCUT2D eigenvalue weighted by molar-refractivity contribution is 7.80. The number of aromatic nitrogens is 2. The molecule has 0 spiro atoms. The predicted molar refractivity (Wildman–Crippen MR) is 157 cm³/mol. The van der Waals surface area contributed by atoms with Crippen LogP contribution in [0.3, 0.4) is 0 Å². The molecule has 0 bridgehead atoms. The number of amides is 1. The minimum atomic E-state index is -0.398. The topological polar surface area (TPSA) is 97.7 Å². The Balaban J connectivity index is 1.57. The second-order valence-electron chi connectivity index (χ2n) is 8.98. The van der Waals surface area contributed by atoms with E-state index >= 15 is 0 Å². The van der Waals surface area contributed by atoms with Crippen LogP contribution in [0.25, 0.3) is 5.69 Å². The lowest BCUT2D eigenvalue weighted by Gasteiger charge is -2.29. The summed E-state index contributed by atoms with van der Waals surface area (Å²) in [5.74, 6) is -0.704. The number of pyridine rings is 1. The monoisotopic (exact) mass is 575 g/mol. The summed E-state index contributed by atoms with van der Waals surface area (Å²) in [6, 6.07) is 21.7. The molecule has 3 heterocycles. The molecule has 0 saturated carbocycles. The van der Waals surface area contributed by atoms with Gasteiger partial charge in [0.05, 0.1) is 35.1 Å². The van der Waals surface area contributed by atoms with E-state index in [9.17, 15) is 9.59 Å². The third-order valence-corrected chi connectivity index (χ3v) is 7.16. The molecule has 0 unspecified atom stereocenters. The lowest BCUT2D eigenvalue weighted by molar-refractivity contribution is -0.119. The summed E-state index contributed by atoms with van der Waals surface area (Å²) >= 11 is 12.5. The third kappa shape index (κ3) is 5.42. The number of thiocarbonyl (C=S) groups is 1. The SMILES string of the molecule is COCC(=O)Nc1ccc(N2C(=S)N[C@@H](c3ccccn3)[C@H]2c2cccn2-c2ccc(C(=O)OC)cc2)cc1Cl. The van der Waals surface area contributed by atoms with E-state index < -0.39 is 5.97 Å². The van der Waals surface area contributed by atoms with Crippen molar-refractivity contribution in [3.63, 3.8) is 0 Å². The van der Waals surface area contributed by atoms with Crippen molar-refractivity contribution in [3.05, 3.63) is 107 Å². The number of carbonyl (C=O) groups excluding carboxylic acids is 2. The Labute approximate surface area is 241 Å². The lowest BCUT2D eigenvalue weighted by atomic mass is 10.0. The van der Waals surface area contributed by atoms with E-state index in [1.807, 2.05) is 64.2 Å². The molecule has 2 N–H and O–H groups in total. The fourth-order valence-electron chi connectivity index (χ4n) is 4.75. The number of benzene rings is 2. The summed E-state index contributed by atoms with van der Waals surface area (Å²) in [6.07, 6.45) is 3.71. The lowest BCUT2D eigenvalue weighted by Crippen LogP contribution is -2.30. The van der Waals surface area contributed by atoms with E-state index in [0.717, 1.165) is 22.8 Å². The van der Waals surface area contributed by atoms with Crippen molar-refractivity contribution in [2.75, 3.05) is 31.0 Å². The van der Waals surface area contributed by atoms with Gasteiger partial charge in [0, 0.05) is 36.6 Å². The number of nitrogens with zero attached hydrogens (tertiary/aromatic N) is 3. The molecule has 1 fully saturated rings. The van der Waals surface area contributed by atoms with Crippen LogP contribution >= 0.6 is 23.8 Å². The minimum absolute atomic E-state index is 0.0797. The summed E-state index contributed by atoms with van der Waals surface area (Å²) < 4.78 is 11.8. The molecule has 5 rings (SSSR count). The molecule has 4 aromatic rings. The standard InChI is InChI=1S/C29H26ClN5O4S/c1-38-17-25(36)32-22-13-12-20(16-21(22)30)35-27(26(33-29(35)40)23-6-3-4-14-31-23)24-7-5-15-34(24)19-10-8-18(9-11-19)28(37)39-2/h3-16,26-27H,17H2,1-2H3,(H,32,36)(H,33,40)/t26-,27+/m0/s1. The fraction of sp³-hybridized carbons (Fsp3) is 0.172. The van der Waals surface area contributed by atoms with Gasteiger partial charge in [-0.3, -0.25) is 9.78 Å². The van der Waals surface area contributed by atoms with Gasteiger partial charge in [-0.05, 0) is 78.9 Å². The summed E-state index contributed by atoms with van der Waals surface area (Å²) in [5.41, 5.74) is 4.29. The second kappa shape index (κ2) is 11.9. The molecule has 0 radical (unpaired) electrons. The quantitative estimate of drug-likeness (QED) is 0.222. The Kier molecular flexibility index (Phi) is 8.11.